The highest BCUT2D eigenvalue weighted by Crippen LogP contribution is 2.35. The Labute approximate surface area is 163 Å². The summed E-state index contributed by atoms with van der Waals surface area (Å²) in [6, 6.07) is 9.29. The number of hydrogen-bond acceptors (Lipinski definition) is 6. The summed E-state index contributed by atoms with van der Waals surface area (Å²) in [6.45, 7) is 3.91. The lowest BCUT2D eigenvalue weighted by Crippen LogP contribution is -2.26. The second-order valence-corrected chi connectivity index (χ2v) is 9.22. The van der Waals surface area contributed by atoms with Crippen LogP contribution in [0.1, 0.15) is 32.4 Å². The monoisotopic (exact) mass is 402 g/mol. The van der Waals surface area contributed by atoms with Crippen LogP contribution < -0.4 is 4.72 Å². The number of sulfonamides is 1. The fourth-order valence-electron chi connectivity index (χ4n) is 2.96. The van der Waals surface area contributed by atoms with E-state index in [9.17, 15) is 18.3 Å². The molecular weight excluding hydrogens is 380 g/mol. The number of furan rings is 1. The number of ketones is 1. The van der Waals surface area contributed by atoms with Crippen molar-refractivity contribution >= 4 is 27.7 Å². The number of carbonyl (C=O) groups excluding carboxylic acids is 1. The number of benzene rings is 1. The number of hydrogen-bond donors (Lipinski definition) is 2. The standard InChI is InChI=1S/C20H22N2O5S/c1-20(2)10-18(23)17(19(24)11-20)13-21-14-5-7-16(8-6-14)28(25,26)22-12-15-4-3-9-27-15/h3-9,13,22-23H,10-12H2,1-2H3. The highest BCUT2D eigenvalue weighted by atomic mass is 32.2. The third-order valence-corrected chi connectivity index (χ3v) is 5.82. The molecule has 1 aromatic heterocycles. The molecule has 7 nitrogen and oxygen atoms in total. The normalized spacial score (nSPS) is 17.4. The number of nitrogens with one attached hydrogen (secondary N) is 1. The molecule has 0 aliphatic heterocycles. The lowest BCUT2D eigenvalue weighted by atomic mass is 9.77. The Morgan fingerprint density at radius 3 is 2.54 bits per heavy atom. The van der Waals surface area contributed by atoms with Gasteiger partial charge < -0.3 is 9.52 Å². The average Bonchev–Trinajstić information content (AvgIpc) is 3.12. The van der Waals surface area contributed by atoms with E-state index in [0.717, 1.165) is 0 Å². The minimum Gasteiger partial charge on any atom is -0.511 e. The van der Waals surface area contributed by atoms with Crippen LogP contribution in [-0.2, 0) is 21.4 Å². The molecule has 1 aliphatic carbocycles. The number of Topliss-reactive ketones (excluding diaryl/α,β-unsaturated/α-hetero) is 1. The quantitative estimate of drug-likeness (QED) is 0.717. The van der Waals surface area contributed by atoms with Gasteiger partial charge in [-0.2, -0.15) is 0 Å². The largest absolute Gasteiger partial charge is 0.511 e. The van der Waals surface area contributed by atoms with Gasteiger partial charge in [-0.05, 0) is 41.8 Å². The molecule has 28 heavy (non-hydrogen) atoms. The van der Waals surface area contributed by atoms with E-state index in [-0.39, 0.29) is 34.0 Å². The van der Waals surface area contributed by atoms with E-state index in [0.29, 0.717) is 24.3 Å². The molecule has 0 amide bonds. The molecule has 0 bridgehead atoms. The van der Waals surface area contributed by atoms with Crippen molar-refractivity contribution in [1.29, 1.82) is 0 Å². The van der Waals surface area contributed by atoms with Crippen LogP contribution in [0.4, 0.5) is 5.69 Å². The van der Waals surface area contributed by atoms with Gasteiger partial charge in [0, 0.05) is 19.1 Å². The number of nitrogens with zero attached hydrogens (tertiary/aromatic N) is 1. The lowest BCUT2D eigenvalue weighted by molar-refractivity contribution is -0.117. The molecule has 1 aromatic carbocycles. The molecule has 3 rings (SSSR count). The molecule has 0 spiro atoms. The number of aliphatic hydroxyl groups excluding tert-OH is 1. The summed E-state index contributed by atoms with van der Waals surface area (Å²) < 4.78 is 32.2. The molecule has 0 atom stereocenters. The average molecular weight is 402 g/mol. The second kappa shape index (κ2) is 7.73. The van der Waals surface area contributed by atoms with Crippen LogP contribution in [0.5, 0.6) is 0 Å². The van der Waals surface area contributed by atoms with Gasteiger partial charge >= 0.3 is 0 Å². The van der Waals surface area contributed by atoms with E-state index < -0.39 is 10.0 Å². The van der Waals surface area contributed by atoms with Crippen LogP contribution in [0.2, 0.25) is 0 Å². The number of aliphatic hydroxyl groups is 1. The van der Waals surface area contributed by atoms with Gasteiger partial charge in [0.25, 0.3) is 0 Å². The van der Waals surface area contributed by atoms with E-state index in [1.54, 1.807) is 12.1 Å². The minimum absolute atomic E-state index is 0.0336. The fourth-order valence-corrected chi connectivity index (χ4v) is 3.95. The summed E-state index contributed by atoms with van der Waals surface area (Å²) in [4.78, 5) is 16.5. The van der Waals surface area contributed by atoms with Crippen molar-refractivity contribution in [3.63, 3.8) is 0 Å². The molecule has 0 unspecified atom stereocenters. The second-order valence-electron chi connectivity index (χ2n) is 7.46. The number of rotatable bonds is 6. The van der Waals surface area contributed by atoms with E-state index in [4.69, 9.17) is 4.42 Å². The van der Waals surface area contributed by atoms with Crippen LogP contribution >= 0.6 is 0 Å². The van der Waals surface area contributed by atoms with Crippen molar-refractivity contribution in [3.05, 3.63) is 59.8 Å². The number of carbonyl (C=O) groups is 1. The van der Waals surface area contributed by atoms with Crippen LogP contribution in [0, 0.1) is 5.41 Å². The van der Waals surface area contributed by atoms with Gasteiger partial charge in [-0.3, -0.25) is 9.79 Å². The van der Waals surface area contributed by atoms with Crippen molar-refractivity contribution in [2.45, 2.75) is 38.1 Å². The zero-order chi connectivity index (χ0) is 20.4. The molecule has 8 heteroatoms. The minimum atomic E-state index is -3.68. The molecule has 148 valence electrons. The Morgan fingerprint density at radius 2 is 1.93 bits per heavy atom. The molecule has 0 radical (unpaired) electrons. The van der Waals surface area contributed by atoms with E-state index in [1.807, 2.05) is 13.8 Å². The van der Waals surface area contributed by atoms with Gasteiger partial charge in [0.05, 0.1) is 29.0 Å². The first-order chi connectivity index (χ1) is 13.2. The molecule has 1 heterocycles. The van der Waals surface area contributed by atoms with Crippen LogP contribution in [0.25, 0.3) is 0 Å². The van der Waals surface area contributed by atoms with Crippen LogP contribution in [-0.4, -0.2) is 25.5 Å². The van der Waals surface area contributed by atoms with Gasteiger partial charge in [0.2, 0.25) is 10.0 Å². The van der Waals surface area contributed by atoms with Crippen molar-refractivity contribution in [3.8, 4) is 0 Å². The Hall–Kier alpha value is -2.71. The first kappa shape index (κ1) is 20.0. The van der Waals surface area contributed by atoms with Crippen LogP contribution in [0.3, 0.4) is 0 Å². The highest BCUT2D eigenvalue weighted by Gasteiger charge is 2.32. The molecule has 2 aromatic rings. The summed E-state index contributed by atoms with van der Waals surface area (Å²) in [5.41, 5.74) is 0.413. The van der Waals surface area contributed by atoms with Gasteiger partial charge in [-0.1, -0.05) is 13.8 Å². The molecule has 2 N–H and O–H groups in total. The highest BCUT2D eigenvalue weighted by molar-refractivity contribution is 7.89. The zero-order valence-corrected chi connectivity index (χ0v) is 16.5. The summed E-state index contributed by atoms with van der Waals surface area (Å²) in [5, 5.41) is 10.1. The van der Waals surface area contributed by atoms with E-state index >= 15 is 0 Å². The SMILES string of the molecule is CC1(C)CC(=O)C(C=Nc2ccc(S(=O)(=O)NCc3ccco3)cc2)=C(O)C1. The number of allylic oxidation sites excluding steroid dienone is 2. The Bertz CT molecular complexity index is 1020. The third-order valence-electron chi connectivity index (χ3n) is 4.40. The van der Waals surface area contributed by atoms with E-state index in [2.05, 4.69) is 9.71 Å². The predicted molar refractivity (Wildman–Crippen MR) is 105 cm³/mol. The summed E-state index contributed by atoms with van der Waals surface area (Å²) in [7, 11) is -3.68. The molecule has 0 fully saturated rings. The van der Waals surface area contributed by atoms with Crippen LogP contribution in [0.15, 0.2) is 68.3 Å². The molecule has 0 saturated carbocycles. The zero-order valence-electron chi connectivity index (χ0n) is 15.7. The van der Waals surface area contributed by atoms with Crippen molar-refractivity contribution < 1.29 is 22.7 Å². The fraction of sp³-hybridized carbons (Fsp3) is 0.300. The summed E-state index contributed by atoms with van der Waals surface area (Å²) in [6.07, 6.45) is 3.57. The summed E-state index contributed by atoms with van der Waals surface area (Å²) >= 11 is 0. The van der Waals surface area contributed by atoms with Crippen molar-refractivity contribution in [1.82, 2.24) is 4.72 Å². The maximum Gasteiger partial charge on any atom is 0.240 e. The smallest absolute Gasteiger partial charge is 0.240 e. The third kappa shape index (κ3) is 4.76. The number of aliphatic imine (C=N–C) groups is 1. The molecular formula is C20H22N2O5S. The van der Waals surface area contributed by atoms with E-state index in [1.165, 1.54) is 36.7 Å². The van der Waals surface area contributed by atoms with Crippen molar-refractivity contribution in [2.24, 2.45) is 10.4 Å². The van der Waals surface area contributed by atoms with Gasteiger partial charge in [0.1, 0.15) is 11.5 Å². The topological polar surface area (TPSA) is 109 Å². The lowest BCUT2D eigenvalue weighted by Gasteiger charge is -2.28. The first-order valence-corrected chi connectivity index (χ1v) is 10.3. The predicted octanol–water partition coefficient (Wildman–Crippen LogP) is 3.66. The van der Waals surface area contributed by atoms with Gasteiger partial charge in [0.15, 0.2) is 5.78 Å². The molecule has 1 aliphatic rings. The Morgan fingerprint density at radius 1 is 1.21 bits per heavy atom. The van der Waals surface area contributed by atoms with Gasteiger partial charge in [-0.15, -0.1) is 0 Å². The first-order valence-electron chi connectivity index (χ1n) is 8.78. The maximum absolute atomic E-state index is 12.3. The van der Waals surface area contributed by atoms with Crippen molar-refractivity contribution in [2.75, 3.05) is 0 Å². The molecule has 0 saturated heterocycles. The Balaban J connectivity index is 1.70. The summed E-state index contributed by atoms with van der Waals surface area (Å²) in [5.74, 6) is 0.392. The Kier molecular flexibility index (Phi) is 5.53. The van der Waals surface area contributed by atoms with Gasteiger partial charge in [-0.25, -0.2) is 13.1 Å². The maximum atomic E-state index is 12.3.